The summed E-state index contributed by atoms with van der Waals surface area (Å²) in [7, 11) is 0. The molecule has 6 nitrogen and oxygen atoms in total. The van der Waals surface area contributed by atoms with Gasteiger partial charge in [0.15, 0.2) is 6.10 Å². The molecule has 0 radical (unpaired) electrons. The van der Waals surface area contributed by atoms with Crippen LogP contribution in [0.2, 0.25) is 0 Å². The van der Waals surface area contributed by atoms with Crippen LogP contribution in [0.3, 0.4) is 0 Å². The fourth-order valence-electron chi connectivity index (χ4n) is 1.22. The minimum absolute atomic E-state index is 0.0451. The Bertz CT molecular complexity index is 510. The number of carboxylic acids is 1. The van der Waals surface area contributed by atoms with Gasteiger partial charge in [-0.1, -0.05) is 18.2 Å². The summed E-state index contributed by atoms with van der Waals surface area (Å²) in [6.07, 6.45) is 0.501. The van der Waals surface area contributed by atoms with E-state index < -0.39 is 12.1 Å². The van der Waals surface area contributed by atoms with Gasteiger partial charge in [0.25, 0.3) is 0 Å². The van der Waals surface area contributed by atoms with E-state index in [1.54, 1.807) is 0 Å². The van der Waals surface area contributed by atoms with E-state index in [1.165, 1.54) is 17.9 Å². The van der Waals surface area contributed by atoms with Crippen molar-refractivity contribution in [2.45, 2.75) is 13.0 Å². The van der Waals surface area contributed by atoms with Gasteiger partial charge in [-0.25, -0.2) is 9.48 Å². The molecule has 17 heavy (non-hydrogen) atoms. The van der Waals surface area contributed by atoms with Crippen LogP contribution >= 0.6 is 0 Å². The first-order chi connectivity index (χ1) is 8.16. The molecule has 0 aliphatic carbocycles. The maximum atomic E-state index is 10.6. The number of rotatable bonds is 4. The Hall–Kier alpha value is -2.37. The number of ether oxygens (including phenoxy) is 1. The number of benzene rings is 1. The number of hydrogen-bond donors (Lipinski definition) is 1. The van der Waals surface area contributed by atoms with E-state index in [4.69, 9.17) is 9.84 Å². The van der Waals surface area contributed by atoms with E-state index >= 15 is 0 Å². The van der Waals surface area contributed by atoms with Crippen LogP contribution in [0, 0.1) is 0 Å². The van der Waals surface area contributed by atoms with Crippen molar-refractivity contribution in [2.24, 2.45) is 0 Å². The van der Waals surface area contributed by atoms with E-state index in [2.05, 4.69) is 10.1 Å². The van der Waals surface area contributed by atoms with E-state index in [-0.39, 0.29) is 6.01 Å². The summed E-state index contributed by atoms with van der Waals surface area (Å²) >= 11 is 0. The van der Waals surface area contributed by atoms with Crippen LogP contribution in [-0.2, 0) is 4.79 Å². The highest BCUT2D eigenvalue weighted by Gasteiger charge is 2.15. The Balaban J connectivity index is 2.14. The molecule has 0 spiro atoms. The second kappa shape index (κ2) is 4.65. The minimum atomic E-state index is -1.05. The van der Waals surface area contributed by atoms with Gasteiger partial charge >= 0.3 is 12.0 Å². The Labute approximate surface area is 97.5 Å². The van der Waals surface area contributed by atoms with Crippen molar-refractivity contribution in [2.75, 3.05) is 0 Å². The molecule has 0 aliphatic rings. The molecule has 1 N–H and O–H groups in total. The second-order valence-electron chi connectivity index (χ2n) is 3.41. The lowest BCUT2D eigenvalue weighted by Gasteiger charge is -2.05. The summed E-state index contributed by atoms with van der Waals surface area (Å²) in [4.78, 5) is 14.5. The molecular formula is C11H11N3O3. The van der Waals surface area contributed by atoms with Crippen molar-refractivity contribution in [3.8, 4) is 11.7 Å². The molecule has 1 atom stereocenters. The van der Waals surface area contributed by atoms with Crippen molar-refractivity contribution in [3.63, 3.8) is 0 Å². The predicted molar refractivity (Wildman–Crippen MR) is 59.1 cm³/mol. The van der Waals surface area contributed by atoms with Gasteiger partial charge in [-0.3, -0.25) is 0 Å². The molecule has 2 rings (SSSR count). The number of nitrogens with zero attached hydrogens (tertiary/aromatic N) is 3. The van der Waals surface area contributed by atoms with Gasteiger partial charge in [0.05, 0.1) is 5.69 Å². The first-order valence-electron chi connectivity index (χ1n) is 5.03. The summed E-state index contributed by atoms with van der Waals surface area (Å²) < 4.78 is 6.55. The molecular weight excluding hydrogens is 222 g/mol. The summed E-state index contributed by atoms with van der Waals surface area (Å²) in [6, 6.07) is 9.40. The molecule has 0 bridgehead atoms. The monoisotopic (exact) mass is 233 g/mol. The SMILES string of the molecule is CC(Oc1ncn(-c2ccccc2)n1)C(=O)O. The number of aromatic nitrogens is 3. The molecule has 88 valence electrons. The Kier molecular flexibility index (Phi) is 3.04. The van der Waals surface area contributed by atoms with Crippen molar-refractivity contribution in [1.29, 1.82) is 0 Å². The zero-order valence-corrected chi connectivity index (χ0v) is 9.15. The number of carboxylic acid groups (broad SMARTS) is 1. The highest BCUT2D eigenvalue weighted by molar-refractivity contribution is 5.72. The van der Waals surface area contributed by atoms with Crippen molar-refractivity contribution >= 4 is 5.97 Å². The van der Waals surface area contributed by atoms with Crippen LogP contribution in [0.5, 0.6) is 6.01 Å². The summed E-state index contributed by atoms with van der Waals surface area (Å²) in [5.74, 6) is -1.05. The highest BCUT2D eigenvalue weighted by atomic mass is 16.5. The third-order valence-corrected chi connectivity index (χ3v) is 2.12. The van der Waals surface area contributed by atoms with Crippen LogP contribution in [0.15, 0.2) is 36.7 Å². The molecule has 0 saturated carbocycles. The second-order valence-corrected chi connectivity index (χ2v) is 3.41. The van der Waals surface area contributed by atoms with Crippen LogP contribution in [-0.4, -0.2) is 31.9 Å². The van der Waals surface area contributed by atoms with Crippen molar-refractivity contribution < 1.29 is 14.6 Å². The van der Waals surface area contributed by atoms with E-state index in [0.29, 0.717) is 0 Å². The average Bonchev–Trinajstić information content (AvgIpc) is 2.78. The van der Waals surface area contributed by atoms with Gasteiger partial charge in [0, 0.05) is 0 Å². The molecule has 1 aromatic carbocycles. The standard InChI is InChI=1S/C11H11N3O3/c1-8(10(15)16)17-11-12-7-14(13-11)9-5-3-2-4-6-9/h2-8H,1H3,(H,15,16). The van der Waals surface area contributed by atoms with E-state index in [1.807, 2.05) is 30.3 Å². The first-order valence-corrected chi connectivity index (χ1v) is 5.03. The Morgan fingerprint density at radius 1 is 1.41 bits per heavy atom. The molecule has 1 aromatic heterocycles. The maximum Gasteiger partial charge on any atom is 0.344 e. The first kappa shape index (κ1) is 11.1. The van der Waals surface area contributed by atoms with Gasteiger partial charge < -0.3 is 9.84 Å². The molecule has 0 aliphatic heterocycles. The molecule has 0 saturated heterocycles. The summed E-state index contributed by atoms with van der Waals surface area (Å²) in [5.41, 5.74) is 0.831. The fourth-order valence-corrected chi connectivity index (χ4v) is 1.22. The van der Waals surface area contributed by atoms with E-state index in [0.717, 1.165) is 5.69 Å². The largest absolute Gasteiger partial charge is 0.479 e. The molecule has 0 fully saturated rings. The smallest absolute Gasteiger partial charge is 0.344 e. The lowest BCUT2D eigenvalue weighted by Crippen LogP contribution is -2.23. The van der Waals surface area contributed by atoms with Crippen molar-refractivity contribution in [3.05, 3.63) is 36.7 Å². The quantitative estimate of drug-likeness (QED) is 0.856. The van der Waals surface area contributed by atoms with Crippen LogP contribution in [0.4, 0.5) is 0 Å². The Morgan fingerprint density at radius 3 is 2.76 bits per heavy atom. The summed E-state index contributed by atoms with van der Waals surface area (Å²) in [6.45, 7) is 1.42. The zero-order valence-electron chi connectivity index (χ0n) is 9.15. The number of aliphatic carboxylic acids is 1. The molecule has 0 amide bonds. The normalized spacial score (nSPS) is 12.1. The van der Waals surface area contributed by atoms with E-state index in [9.17, 15) is 4.79 Å². The highest BCUT2D eigenvalue weighted by Crippen LogP contribution is 2.09. The zero-order chi connectivity index (χ0) is 12.3. The van der Waals surface area contributed by atoms with Crippen LogP contribution in [0.25, 0.3) is 5.69 Å². The van der Waals surface area contributed by atoms with Gasteiger partial charge in [-0.05, 0) is 19.1 Å². The minimum Gasteiger partial charge on any atom is -0.479 e. The van der Waals surface area contributed by atoms with Gasteiger partial charge in [-0.2, -0.15) is 4.98 Å². The molecule has 1 heterocycles. The summed E-state index contributed by atoms with van der Waals surface area (Å²) in [5, 5.41) is 12.7. The third-order valence-electron chi connectivity index (χ3n) is 2.12. The number of carbonyl (C=O) groups is 1. The Morgan fingerprint density at radius 2 is 2.12 bits per heavy atom. The van der Waals surface area contributed by atoms with Gasteiger partial charge in [-0.15, -0.1) is 5.10 Å². The van der Waals surface area contributed by atoms with Crippen LogP contribution in [0.1, 0.15) is 6.92 Å². The molecule has 2 aromatic rings. The lowest BCUT2D eigenvalue weighted by molar-refractivity contribution is -0.144. The van der Waals surface area contributed by atoms with Crippen LogP contribution < -0.4 is 4.74 Å². The topological polar surface area (TPSA) is 77.2 Å². The molecule has 6 heteroatoms. The average molecular weight is 233 g/mol. The molecule has 1 unspecified atom stereocenters. The predicted octanol–water partition coefficient (Wildman–Crippen LogP) is 1.12. The number of para-hydroxylation sites is 1. The fraction of sp³-hybridized carbons (Fsp3) is 0.182. The lowest BCUT2D eigenvalue weighted by atomic mass is 10.3. The number of hydrogen-bond acceptors (Lipinski definition) is 4. The van der Waals surface area contributed by atoms with Gasteiger partial charge in [0.1, 0.15) is 6.33 Å². The third kappa shape index (κ3) is 2.60. The van der Waals surface area contributed by atoms with Crippen molar-refractivity contribution in [1.82, 2.24) is 14.8 Å². The van der Waals surface area contributed by atoms with Gasteiger partial charge in [0.2, 0.25) is 0 Å². The maximum absolute atomic E-state index is 10.6.